The van der Waals surface area contributed by atoms with Gasteiger partial charge in [-0.05, 0) is 38.7 Å². The van der Waals surface area contributed by atoms with Crippen molar-refractivity contribution in [2.45, 2.75) is 39.2 Å². The molecule has 3 heterocycles. The minimum absolute atomic E-state index is 0.00620. The Balaban J connectivity index is 2.01. The van der Waals surface area contributed by atoms with Gasteiger partial charge >= 0.3 is 0 Å². The largest absolute Gasteiger partial charge is 0.394 e. The van der Waals surface area contributed by atoms with Crippen LogP contribution in [0.5, 0.6) is 0 Å². The number of amides is 1. The fourth-order valence-corrected chi connectivity index (χ4v) is 4.27. The lowest BCUT2D eigenvalue weighted by Crippen LogP contribution is -2.45. The summed E-state index contributed by atoms with van der Waals surface area (Å²) in [6, 6.07) is -0.0693. The van der Waals surface area contributed by atoms with Crippen LogP contribution < -0.4 is 5.32 Å². The number of aliphatic hydroxyl groups excluding tert-OH is 1. The van der Waals surface area contributed by atoms with Crippen molar-refractivity contribution in [1.82, 2.24) is 14.9 Å². The first-order valence-electron chi connectivity index (χ1n) is 8.07. The number of rotatable bonds is 4. The number of fused-ring (bicyclic) bond motifs is 1. The number of anilines is 1. The molecular formula is C16H22N4O2S. The number of carbonyl (C=O) groups is 1. The van der Waals surface area contributed by atoms with E-state index in [0.717, 1.165) is 47.4 Å². The minimum atomic E-state index is -0.0693. The highest BCUT2D eigenvalue weighted by molar-refractivity contribution is 7.20. The average Bonchev–Trinajstić information content (AvgIpc) is 2.92. The highest BCUT2D eigenvalue weighted by atomic mass is 32.1. The molecule has 0 aromatic carbocycles. The van der Waals surface area contributed by atoms with E-state index < -0.39 is 0 Å². The van der Waals surface area contributed by atoms with Gasteiger partial charge in [-0.1, -0.05) is 0 Å². The molecule has 1 aliphatic heterocycles. The van der Waals surface area contributed by atoms with Crippen LogP contribution in [0.2, 0.25) is 0 Å². The number of thiophene rings is 1. The molecule has 23 heavy (non-hydrogen) atoms. The lowest BCUT2D eigenvalue weighted by molar-refractivity contribution is 0.0507. The first-order valence-corrected chi connectivity index (χ1v) is 8.88. The van der Waals surface area contributed by atoms with Crippen LogP contribution >= 0.6 is 11.3 Å². The first kappa shape index (κ1) is 16.1. The van der Waals surface area contributed by atoms with Crippen molar-refractivity contribution in [2.24, 2.45) is 0 Å². The molecule has 2 aromatic heterocycles. The topological polar surface area (TPSA) is 78.4 Å². The van der Waals surface area contributed by atoms with Gasteiger partial charge in [-0.2, -0.15) is 0 Å². The average molecular weight is 334 g/mol. The van der Waals surface area contributed by atoms with Crippen molar-refractivity contribution in [3.63, 3.8) is 0 Å². The predicted octanol–water partition coefficient (Wildman–Crippen LogP) is 2.42. The molecular weight excluding hydrogens is 312 g/mol. The van der Waals surface area contributed by atoms with Gasteiger partial charge in [-0.3, -0.25) is 4.79 Å². The number of carbonyl (C=O) groups excluding carboxylic acids is 1. The summed E-state index contributed by atoms with van der Waals surface area (Å²) in [7, 11) is 0. The molecule has 1 fully saturated rings. The van der Waals surface area contributed by atoms with E-state index in [1.807, 2.05) is 18.7 Å². The quantitative estimate of drug-likeness (QED) is 0.898. The van der Waals surface area contributed by atoms with Crippen LogP contribution in [0.25, 0.3) is 10.2 Å². The van der Waals surface area contributed by atoms with Gasteiger partial charge in [-0.25, -0.2) is 9.97 Å². The molecule has 1 atom stereocenters. The Morgan fingerprint density at radius 1 is 1.48 bits per heavy atom. The molecule has 1 aliphatic rings. The van der Waals surface area contributed by atoms with E-state index in [1.165, 1.54) is 17.7 Å². The Kier molecular flexibility index (Phi) is 4.77. The molecule has 6 nitrogen and oxygen atoms in total. The van der Waals surface area contributed by atoms with Crippen molar-refractivity contribution >= 4 is 33.3 Å². The molecule has 0 aliphatic carbocycles. The normalized spacial score (nSPS) is 18.4. The highest BCUT2D eigenvalue weighted by Gasteiger charge is 2.30. The Morgan fingerprint density at radius 3 is 3.04 bits per heavy atom. The van der Waals surface area contributed by atoms with Gasteiger partial charge in [0.1, 0.15) is 17.0 Å². The van der Waals surface area contributed by atoms with E-state index in [0.29, 0.717) is 11.4 Å². The third kappa shape index (κ3) is 2.90. The van der Waals surface area contributed by atoms with Crippen LogP contribution in [-0.4, -0.2) is 51.6 Å². The molecule has 0 bridgehead atoms. The van der Waals surface area contributed by atoms with Crippen molar-refractivity contribution in [3.8, 4) is 0 Å². The van der Waals surface area contributed by atoms with Crippen molar-refractivity contribution in [3.05, 3.63) is 16.8 Å². The SMILES string of the molecule is CCNc1ncnc2sc(C(=O)N3CCCCC3CO)c(C)c12. The molecule has 2 aromatic rings. The molecule has 1 saturated heterocycles. The molecule has 124 valence electrons. The Labute approximate surface area is 139 Å². The second-order valence-corrected chi connectivity index (χ2v) is 6.82. The van der Waals surface area contributed by atoms with Crippen LogP contribution in [0.4, 0.5) is 5.82 Å². The maximum atomic E-state index is 13.0. The fraction of sp³-hybridized carbons (Fsp3) is 0.562. The van der Waals surface area contributed by atoms with Crippen molar-refractivity contribution in [2.75, 3.05) is 25.0 Å². The van der Waals surface area contributed by atoms with Crippen LogP contribution in [0, 0.1) is 6.92 Å². The van der Waals surface area contributed by atoms with Gasteiger partial charge in [0.2, 0.25) is 0 Å². The number of nitrogens with one attached hydrogen (secondary N) is 1. The smallest absolute Gasteiger partial charge is 0.264 e. The van der Waals surface area contributed by atoms with Crippen molar-refractivity contribution in [1.29, 1.82) is 0 Å². The summed E-state index contributed by atoms with van der Waals surface area (Å²) >= 11 is 1.41. The third-order valence-corrected chi connectivity index (χ3v) is 5.55. The van der Waals surface area contributed by atoms with Gasteiger partial charge in [-0.15, -0.1) is 11.3 Å². The van der Waals surface area contributed by atoms with Crippen LogP contribution in [0.3, 0.4) is 0 Å². The zero-order valence-electron chi connectivity index (χ0n) is 13.5. The van der Waals surface area contributed by atoms with Crippen LogP contribution in [0.1, 0.15) is 41.4 Å². The van der Waals surface area contributed by atoms with E-state index in [4.69, 9.17) is 0 Å². The molecule has 1 amide bonds. The third-order valence-electron chi connectivity index (χ3n) is 4.36. The molecule has 1 unspecified atom stereocenters. The molecule has 3 rings (SSSR count). The number of aryl methyl sites for hydroxylation is 1. The van der Waals surface area contributed by atoms with Gasteiger partial charge in [0, 0.05) is 13.1 Å². The van der Waals surface area contributed by atoms with Crippen LogP contribution in [0.15, 0.2) is 6.33 Å². The lowest BCUT2D eigenvalue weighted by atomic mass is 10.0. The number of piperidine rings is 1. The summed E-state index contributed by atoms with van der Waals surface area (Å²) in [5.74, 6) is 0.786. The van der Waals surface area contributed by atoms with E-state index >= 15 is 0 Å². The van der Waals surface area contributed by atoms with E-state index in [-0.39, 0.29) is 18.6 Å². The summed E-state index contributed by atoms with van der Waals surface area (Å²) in [4.78, 5) is 25.0. The summed E-state index contributed by atoms with van der Waals surface area (Å²) in [6.07, 6.45) is 4.46. The Bertz CT molecular complexity index is 715. The maximum absolute atomic E-state index is 13.0. The summed E-state index contributed by atoms with van der Waals surface area (Å²) in [5.41, 5.74) is 0.925. The Morgan fingerprint density at radius 2 is 2.30 bits per heavy atom. The van der Waals surface area contributed by atoms with Gasteiger partial charge < -0.3 is 15.3 Å². The molecule has 0 spiro atoms. The number of aromatic nitrogens is 2. The fourth-order valence-electron chi connectivity index (χ4n) is 3.17. The number of aliphatic hydroxyl groups is 1. The van der Waals surface area contributed by atoms with E-state index in [1.54, 1.807) is 0 Å². The predicted molar refractivity (Wildman–Crippen MR) is 92.1 cm³/mol. The second-order valence-electron chi connectivity index (χ2n) is 5.82. The highest BCUT2D eigenvalue weighted by Crippen LogP contribution is 2.34. The van der Waals surface area contributed by atoms with Crippen LogP contribution in [-0.2, 0) is 0 Å². The summed E-state index contributed by atoms with van der Waals surface area (Å²) < 4.78 is 0. The first-order chi connectivity index (χ1) is 11.2. The molecule has 0 radical (unpaired) electrons. The molecule has 2 N–H and O–H groups in total. The number of hydrogen-bond acceptors (Lipinski definition) is 6. The lowest BCUT2D eigenvalue weighted by Gasteiger charge is -2.34. The Hall–Kier alpha value is -1.73. The van der Waals surface area contributed by atoms with Gasteiger partial charge in [0.25, 0.3) is 5.91 Å². The van der Waals surface area contributed by atoms with E-state index in [2.05, 4.69) is 15.3 Å². The molecule has 7 heteroatoms. The van der Waals surface area contributed by atoms with Crippen molar-refractivity contribution < 1.29 is 9.90 Å². The number of nitrogens with zero attached hydrogens (tertiary/aromatic N) is 3. The van der Waals surface area contributed by atoms with E-state index in [9.17, 15) is 9.90 Å². The second kappa shape index (κ2) is 6.80. The standard InChI is InChI=1S/C16H22N4O2S/c1-3-17-14-12-10(2)13(23-15(12)19-9-18-14)16(22)20-7-5-4-6-11(20)8-21/h9,11,21H,3-8H2,1-2H3,(H,17,18,19). The maximum Gasteiger partial charge on any atom is 0.264 e. The number of hydrogen-bond donors (Lipinski definition) is 2. The molecule has 0 saturated carbocycles. The minimum Gasteiger partial charge on any atom is -0.394 e. The van der Waals surface area contributed by atoms with Gasteiger partial charge in [0.05, 0.1) is 22.9 Å². The summed E-state index contributed by atoms with van der Waals surface area (Å²) in [6.45, 7) is 5.47. The summed E-state index contributed by atoms with van der Waals surface area (Å²) in [5, 5.41) is 13.7. The zero-order chi connectivity index (χ0) is 16.4. The monoisotopic (exact) mass is 334 g/mol. The van der Waals surface area contributed by atoms with Gasteiger partial charge in [0.15, 0.2) is 0 Å². The number of likely N-dealkylation sites (tertiary alicyclic amines) is 1. The zero-order valence-corrected chi connectivity index (χ0v) is 14.3.